The van der Waals surface area contributed by atoms with Crippen LogP contribution in [-0.2, 0) is 21.4 Å². The Balaban J connectivity index is 0.00000337. The lowest BCUT2D eigenvalue weighted by Crippen LogP contribution is -2.46. The summed E-state index contributed by atoms with van der Waals surface area (Å²) in [6.45, 7) is 5.09. The van der Waals surface area contributed by atoms with Gasteiger partial charge in [0.1, 0.15) is 0 Å². The molecule has 3 saturated heterocycles. The molecule has 3 fully saturated rings. The second kappa shape index (κ2) is 12.6. The van der Waals surface area contributed by atoms with Gasteiger partial charge in [-0.3, -0.25) is 4.79 Å². The van der Waals surface area contributed by atoms with Crippen LogP contribution >= 0.6 is 28.3 Å². The Kier molecular flexibility index (Phi) is 9.26. The minimum atomic E-state index is -3.55. The van der Waals surface area contributed by atoms with Crippen molar-refractivity contribution in [2.45, 2.75) is 36.6 Å². The maximum Gasteiger partial charge on any atom is 0.243 e. The fourth-order valence-corrected chi connectivity index (χ4v) is 8.65. The number of hydrogen-bond donors (Lipinski definition) is 0. The van der Waals surface area contributed by atoms with E-state index in [0.29, 0.717) is 30.4 Å². The van der Waals surface area contributed by atoms with E-state index in [1.807, 2.05) is 41.3 Å². The van der Waals surface area contributed by atoms with Crippen LogP contribution in [0.4, 0.5) is 0 Å². The van der Waals surface area contributed by atoms with Crippen molar-refractivity contribution in [3.63, 3.8) is 0 Å². The maximum atomic E-state index is 13.6. The zero-order valence-electron chi connectivity index (χ0n) is 23.1. The highest BCUT2D eigenvalue weighted by Crippen LogP contribution is 2.43. The van der Waals surface area contributed by atoms with Gasteiger partial charge in [-0.1, -0.05) is 76.6 Å². The molecule has 0 aromatic heterocycles. The van der Waals surface area contributed by atoms with Gasteiger partial charge < -0.3 is 9.80 Å². The van der Waals surface area contributed by atoms with Gasteiger partial charge in [0, 0.05) is 43.1 Å². The maximum absolute atomic E-state index is 13.6. The highest BCUT2D eigenvalue weighted by Gasteiger charge is 2.49. The standard InChI is InChI=1S/C32H36BrN3O3S.ClH/c33-28-13-11-25(12-14-28)21-35-20-17-32(31(35)37)15-18-34(19-16-32)22-27-23-36(24-30(27)26-7-3-1-4-8-26)40(38,39)29-9-5-2-6-10-29;/h1-14,27,30H,15-24H2;1H. The van der Waals surface area contributed by atoms with Crippen LogP contribution in [0.2, 0.25) is 0 Å². The summed E-state index contributed by atoms with van der Waals surface area (Å²) in [6, 6.07) is 27.3. The number of halogens is 2. The van der Waals surface area contributed by atoms with E-state index in [2.05, 4.69) is 45.1 Å². The summed E-state index contributed by atoms with van der Waals surface area (Å²) in [7, 11) is -3.55. The average Bonchev–Trinajstić information content (AvgIpc) is 3.54. The van der Waals surface area contributed by atoms with E-state index < -0.39 is 10.0 Å². The molecule has 0 N–H and O–H groups in total. The fraction of sp³-hybridized carbons (Fsp3) is 0.406. The molecule has 3 heterocycles. The average molecular weight is 659 g/mol. The van der Waals surface area contributed by atoms with Gasteiger partial charge >= 0.3 is 0 Å². The Bertz CT molecular complexity index is 1430. The van der Waals surface area contributed by atoms with Gasteiger partial charge in [-0.2, -0.15) is 4.31 Å². The summed E-state index contributed by atoms with van der Waals surface area (Å²) in [4.78, 5) is 18.4. The SMILES string of the molecule is Cl.O=C1N(Cc2ccc(Br)cc2)CCC12CCN(CC1CN(S(=O)(=O)c3ccccc3)CC1c1ccccc1)CC2. The van der Waals surface area contributed by atoms with E-state index >= 15 is 0 Å². The molecule has 6 rings (SSSR count). The van der Waals surface area contributed by atoms with E-state index in [1.165, 1.54) is 5.56 Å². The first-order valence-corrected chi connectivity index (χ1v) is 16.4. The molecule has 0 radical (unpaired) electrons. The lowest BCUT2D eigenvalue weighted by molar-refractivity contribution is -0.139. The van der Waals surface area contributed by atoms with Crippen LogP contribution in [0.1, 0.15) is 36.3 Å². The Hall–Kier alpha value is -2.23. The summed E-state index contributed by atoms with van der Waals surface area (Å²) in [5.41, 5.74) is 2.11. The molecule has 6 nitrogen and oxygen atoms in total. The lowest BCUT2D eigenvalue weighted by Gasteiger charge is -2.39. The third-order valence-electron chi connectivity index (χ3n) is 9.21. The largest absolute Gasteiger partial charge is 0.338 e. The zero-order valence-corrected chi connectivity index (χ0v) is 26.3. The Morgan fingerprint density at radius 1 is 0.805 bits per heavy atom. The normalized spacial score (nSPS) is 23.1. The number of amides is 1. The Labute approximate surface area is 258 Å². The molecule has 0 bridgehead atoms. The molecule has 41 heavy (non-hydrogen) atoms. The predicted molar refractivity (Wildman–Crippen MR) is 167 cm³/mol. The van der Waals surface area contributed by atoms with Gasteiger partial charge in [-0.15, -0.1) is 12.4 Å². The molecule has 2 atom stereocenters. The molecule has 3 aliphatic heterocycles. The predicted octanol–water partition coefficient (Wildman–Crippen LogP) is 5.79. The van der Waals surface area contributed by atoms with Gasteiger partial charge in [0.15, 0.2) is 0 Å². The molecule has 0 aliphatic carbocycles. The monoisotopic (exact) mass is 657 g/mol. The minimum Gasteiger partial charge on any atom is -0.338 e. The van der Waals surface area contributed by atoms with Crippen LogP contribution in [-0.4, -0.2) is 67.7 Å². The fourth-order valence-electron chi connectivity index (χ4n) is 6.85. The lowest BCUT2D eigenvalue weighted by atomic mass is 9.76. The molecular weight excluding hydrogens is 622 g/mol. The van der Waals surface area contributed by atoms with Crippen molar-refractivity contribution in [2.24, 2.45) is 11.3 Å². The topological polar surface area (TPSA) is 60.9 Å². The molecule has 3 aromatic rings. The summed E-state index contributed by atoms with van der Waals surface area (Å²) in [6.07, 6.45) is 2.67. The van der Waals surface area contributed by atoms with Crippen molar-refractivity contribution in [3.8, 4) is 0 Å². The molecule has 0 saturated carbocycles. The van der Waals surface area contributed by atoms with Crippen LogP contribution < -0.4 is 0 Å². The number of carbonyl (C=O) groups is 1. The second-order valence-corrected chi connectivity index (χ2v) is 14.5. The van der Waals surface area contributed by atoms with Crippen molar-refractivity contribution in [1.29, 1.82) is 0 Å². The molecular formula is C32H37BrClN3O3S. The van der Waals surface area contributed by atoms with Gasteiger partial charge in [0.25, 0.3) is 0 Å². The molecule has 218 valence electrons. The van der Waals surface area contributed by atoms with Crippen LogP contribution in [0.5, 0.6) is 0 Å². The van der Waals surface area contributed by atoms with Crippen molar-refractivity contribution in [2.75, 3.05) is 39.3 Å². The number of carbonyl (C=O) groups excluding carboxylic acids is 1. The molecule has 1 spiro atoms. The highest BCUT2D eigenvalue weighted by atomic mass is 79.9. The first kappa shape index (κ1) is 30.2. The van der Waals surface area contributed by atoms with E-state index in [4.69, 9.17) is 0 Å². The summed E-state index contributed by atoms with van der Waals surface area (Å²) in [5, 5.41) is 0. The van der Waals surface area contributed by atoms with E-state index in [9.17, 15) is 13.2 Å². The third kappa shape index (κ3) is 6.27. The molecule has 2 unspecified atom stereocenters. The zero-order chi connectivity index (χ0) is 27.7. The minimum absolute atomic E-state index is 0. The van der Waals surface area contributed by atoms with Crippen molar-refractivity contribution < 1.29 is 13.2 Å². The smallest absolute Gasteiger partial charge is 0.243 e. The number of nitrogens with zero attached hydrogens (tertiary/aromatic N) is 3. The first-order valence-electron chi connectivity index (χ1n) is 14.2. The summed E-state index contributed by atoms with van der Waals surface area (Å²) in [5.74, 6) is 0.645. The molecule has 3 aromatic carbocycles. The van der Waals surface area contributed by atoms with E-state index in [0.717, 1.165) is 55.5 Å². The number of benzene rings is 3. The van der Waals surface area contributed by atoms with Gasteiger partial charge in [0.2, 0.25) is 15.9 Å². The van der Waals surface area contributed by atoms with Gasteiger partial charge in [-0.25, -0.2) is 8.42 Å². The third-order valence-corrected chi connectivity index (χ3v) is 11.6. The van der Waals surface area contributed by atoms with Crippen LogP contribution in [0, 0.1) is 11.3 Å². The first-order chi connectivity index (χ1) is 19.3. The summed E-state index contributed by atoms with van der Waals surface area (Å²) >= 11 is 3.49. The number of sulfonamides is 1. The number of hydrogen-bond acceptors (Lipinski definition) is 4. The number of piperidine rings is 1. The Morgan fingerprint density at radius 2 is 1.41 bits per heavy atom. The molecule has 9 heteroatoms. The van der Waals surface area contributed by atoms with Gasteiger partial charge in [0.05, 0.1) is 10.3 Å². The highest BCUT2D eigenvalue weighted by molar-refractivity contribution is 9.10. The van der Waals surface area contributed by atoms with Crippen molar-refractivity contribution >= 4 is 44.3 Å². The summed E-state index contributed by atoms with van der Waals surface area (Å²) < 4.78 is 29.7. The van der Waals surface area contributed by atoms with Crippen LogP contribution in [0.3, 0.4) is 0 Å². The molecule has 3 aliphatic rings. The van der Waals surface area contributed by atoms with Crippen LogP contribution in [0.15, 0.2) is 94.3 Å². The van der Waals surface area contributed by atoms with E-state index in [1.54, 1.807) is 28.6 Å². The van der Waals surface area contributed by atoms with E-state index in [-0.39, 0.29) is 29.7 Å². The Morgan fingerprint density at radius 3 is 2.07 bits per heavy atom. The van der Waals surface area contributed by atoms with Crippen LogP contribution in [0.25, 0.3) is 0 Å². The quantitative estimate of drug-likeness (QED) is 0.323. The molecule has 1 amide bonds. The van der Waals surface area contributed by atoms with Crippen molar-refractivity contribution in [3.05, 3.63) is 101 Å². The number of likely N-dealkylation sites (tertiary alicyclic amines) is 2. The van der Waals surface area contributed by atoms with Crippen molar-refractivity contribution in [1.82, 2.24) is 14.1 Å². The second-order valence-electron chi connectivity index (χ2n) is 11.6. The number of rotatable bonds is 7. The van der Waals surface area contributed by atoms with Gasteiger partial charge in [-0.05, 0) is 73.7 Å².